The molecule has 0 aliphatic heterocycles. The number of aliphatic imine (C=N–C) groups is 1. The standard InChI is InChI=1S/C13H22N4/c1-9(2)15-13(17-14)16-11(4)12-7-5-10(3)6-8-12/h5-9,11H,14H2,1-4H3,(H2,15,16,17). The van der Waals surface area contributed by atoms with Crippen LogP contribution in [0.3, 0.4) is 0 Å². The molecule has 0 heterocycles. The molecule has 1 rings (SSSR count). The van der Waals surface area contributed by atoms with Gasteiger partial charge in [0.2, 0.25) is 5.96 Å². The Morgan fingerprint density at radius 3 is 2.24 bits per heavy atom. The molecule has 0 amide bonds. The Morgan fingerprint density at radius 2 is 1.76 bits per heavy atom. The molecule has 0 radical (unpaired) electrons. The number of guanidine groups is 1. The van der Waals surface area contributed by atoms with Gasteiger partial charge in [0.15, 0.2) is 0 Å². The molecule has 17 heavy (non-hydrogen) atoms. The van der Waals surface area contributed by atoms with Crippen LogP contribution in [-0.2, 0) is 0 Å². The zero-order valence-electron chi connectivity index (χ0n) is 11.0. The molecule has 4 N–H and O–H groups in total. The third-order valence-electron chi connectivity index (χ3n) is 2.44. The first-order valence-electron chi connectivity index (χ1n) is 5.90. The number of aryl methyl sites for hydroxylation is 1. The molecule has 0 saturated carbocycles. The molecule has 4 heteroatoms. The van der Waals surface area contributed by atoms with Crippen LogP contribution in [0.25, 0.3) is 0 Å². The summed E-state index contributed by atoms with van der Waals surface area (Å²) in [4.78, 5) is 4.50. The number of nitrogens with two attached hydrogens (primary N) is 1. The van der Waals surface area contributed by atoms with Crippen molar-refractivity contribution in [2.45, 2.75) is 39.8 Å². The van der Waals surface area contributed by atoms with Crippen molar-refractivity contribution in [2.24, 2.45) is 10.8 Å². The topological polar surface area (TPSA) is 62.4 Å². The molecule has 0 bridgehead atoms. The predicted molar refractivity (Wildman–Crippen MR) is 72.6 cm³/mol. The first-order chi connectivity index (χ1) is 8.02. The van der Waals surface area contributed by atoms with Gasteiger partial charge in [0.05, 0.1) is 6.04 Å². The lowest BCUT2D eigenvalue weighted by Gasteiger charge is -2.15. The first kappa shape index (κ1) is 13.5. The van der Waals surface area contributed by atoms with Gasteiger partial charge in [0, 0.05) is 6.04 Å². The predicted octanol–water partition coefficient (Wildman–Crippen LogP) is 1.87. The van der Waals surface area contributed by atoms with Gasteiger partial charge in [-0.25, -0.2) is 10.8 Å². The summed E-state index contributed by atoms with van der Waals surface area (Å²) in [5.74, 6) is 6.05. The van der Waals surface area contributed by atoms with Crippen LogP contribution in [0.4, 0.5) is 0 Å². The van der Waals surface area contributed by atoms with E-state index in [1.165, 1.54) is 11.1 Å². The summed E-state index contributed by atoms with van der Waals surface area (Å²) in [6.45, 7) is 8.21. The van der Waals surface area contributed by atoms with Crippen molar-refractivity contribution in [3.8, 4) is 0 Å². The molecular weight excluding hydrogens is 212 g/mol. The molecular formula is C13H22N4. The van der Waals surface area contributed by atoms with Crippen LogP contribution in [-0.4, -0.2) is 12.0 Å². The fourth-order valence-electron chi connectivity index (χ4n) is 1.50. The molecule has 0 fully saturated rings. The first-order valence-corrected chi connectivity index (χ1v) is 5.90. The molecule has 1 atom stereocenters. The second-order valence-electron chi connectivity index (χ2n) is 4.51. The van der Waals surface area contributed by atoms with Crippen LogP contribution >= 0.6 is 0 Å². The van der Waals surface area contributed by atoms with Gasteiger partial charge in [0.25, 0.3) is 0 Å². The molecule has 94 valence electrons. The average molecular weight is 234 g/mol. The summed E-state index contributed by atoms with van der Waals surface area (Å²) in [7, 11) is 0. The largest absolute Gasteiger partial charge is 0.353 e. The van der Waals surface area contributed by atoms with E-state index < -0.39 is 0 Å². The van der Waals surface area contributed by atoms with E-state index in [1.807, 2.05) is 20.8 Å². The number of hydrogen-bond acceptors (Lipinski definition) is 2. The molecule has 1 unspecified atom stereocenters. The van der Waals surface area contributed by atoms with E-state index in [0.717, 1.165) is 0 Å². The second kappa shape index (κ2) is 6.25. The minimum absolute atomic E-state index is 0.0768. The van der Waals surface area contributed by atoms with E-state index in [0.29, 0.717) is 12.0 Å². The SMILES string of the molecule is Cc1ccc(C(C)N=C(NN)NC(C)C)cc1. The lowest BCUT2D eigenvalue weighted by atomic mass is 10.1. The van der Waals surface area contributed by atoms with Crippen LogP contribution in [0.5, 0.6) is 0 Å². The Bertz CT molecular complexity index is 368. The minimum atomic E-state index is 0.0768. The maximum atomic E-state index is 5.43. The number of hydrazine groups is 1. The minimum Gasteiger partial charge on any atom is -0.353 e. The van der Waals surface area contributed by atoms with Gasteiger partial charge >= 0.3 is 0 Å². The van der Waals surface area contributed by atoms with Gasteiger partial charge in [-0.3, -0.25) is 5.43 Å². The van der Waals surface area contributed by atoms with E-state index in [2.05, 4.69) is 46.9 Å². The Balaban J connectivity index is 2.77. The molecule has 1 aromatic rings. The van der Waals surface area contributed by atoms with Gasteiger partial charge < -0.3 is 5.32 Å². The number of nitrogens with one attached hydrogen (secondary N) is 2. The molecule has 0 spiro atoms. The average Bonchev–Trinajstić information content (AvgIpc) is 2.28. The van der Waals surface area contributed by atoms with E-state index in [9.17, 15) is 0 Å². The Hall–Kier alpha value is -1.55. The Morgan fingerprint density at radius 1 is 1.18 bits per heavy atom. The fraction of sp³-hybridized carbons (Fsp3) is 0.462. The summed E-state index contributed by atoms with van der Waals surface area (Å²) in [5, 5.41) is 3.16. The summed E-state index contributed by atoms with van der Waals surface area (Å²) >= 11 is 0. The molecule has 1 aromatic carbocycles. The van der Waals surface area contributed by atoms with Gasteiger partial charge in [0.1, 0.15) is 0 Å². The number of hydrogen-bond donors (Lipinski definition) is 3. The van der Waals surface area contributed by atoms with Crippen molar-refractivity contribution in [3.05, 3.63) is 35.4 Å². The van der Waals surface area contributed by atoms with E-state index >= 15 is 0 Å². The smallest absolute Gasteiger partial charge is 0.206 e. The molecule has 0 aliphatic rings. The highest BCUT2D eigenvalue weighted by atomic mass is 15.3. The fourth-order valence-corrected chi connectivity index (χ4v) is 1.50. The quantitative estimate of drug-likeness (QED) is 0.324. The van der Waals surface area contributed by atoms with Crippen molar-refractivity contribution in [2.75, 3.05) is 0 Å². The van der Waals surface area contributed by atoms with Crippen LogP contribution < -0.4 is 16.6 Å². The van der Waals surface area contributed by atoms with Crippen molar-refractivity contribution < 1.29 is 0 Å². The summed E-state index contributed by atoms with van der Waals surface area (Å²) in [6.07, 6.45) is 0. The van der Waals surface area contributed by atoms with Gasteiger partial charge in [-0.05, 0) is 33.3 Å². The van der Waals surface area contributed by atoms with E-state index in [1.54, 1.807) is 0 Å². The molecule has 0 aromatic heterocycles. The highest BCUT2D eigenvalue weighted by Gasteiger charge is 2.05. The van der Waals surface area contributed by atoms with Gasteiger partial charge in [-0.1, -0.05) is 29.8 Å². The van der Waals surface area contributed by atoms with E-state index in [-0.39, 0.29) is 6.04 Å². The molecule has 4 nitrogen and oxygen atoms in total. The second-order valence-corrected chi connectivity index (χ2v) is 4.51. The monoisotopic (exact) mass is 234 g/mol. The summed E-state index contributed by atoms with van der Waals surface area (Å²) in [5.41, 5.74) is 5.01. The van der Waals surface area contributed by atoms with Gasteiger partial charge in [-0.15, -0.1) is 0 Å². The Kier molecular flexibility index (Phi) is 4.97. The maximum Gasteiger partial charge on any atom is 0.206 e. The third kappa shape index (κ3) is 4.44. The van der Waals surface area contributed by atoms with Crippen molar-refractivity contribution in [1.82, 2.24) is 10.7 Å². The lowest BCUT2D eigenvalue weighted by molar-refractivity contribution is 0.688. The normalized spacial score (nSPS) is 13.6. The number of benzene rings is 1. The van der Waals surface area contributed by atoms with E-state index in [4.69, 9.17) is 5.84 Å². The van der Waals surface area contributed by atoms with Gasteiger partial charge in [-0.2, -0.15) is 0 Å². The molecule has 0 aliphatic carbocycles. The highest BCUT2D eigenvalue weighted by Crippen LogP contribution is 2.16. The lowest BCUT2D eigenvalue weighted by Crippen LogP contribution is -2.44. The van der Waals surface area contributed by atoms with Crippen LogP contribution in [0.2, 0.25) is 0 Å². The van der Waals surface area contributed by atoms with Crippen LogP contribution in [0, 0.1) is 6.92 Å². The highest BCUT2D eigenvalue weighted by molar-refractivity contribution is 5.79. The zero-order chi connectivity index (χ0) is 12.8. The maximum absolute atomic E-state index is 5.43. The van der Waals surface area contributed by atoms with Crippen molar-refractivity contribution in [1.29, 1.82) is 0 Å². The Labute approximate surface area is 103 Å². The number of nitrogens with zero attached hydrogens (tertiary/aromatic N) is 1. The summed E-state index contributed by atoms with van der Waals surface area (Å²) < 4.78 is 0. The zero-order valence-corrected chi connectivity index (χ0v) is 11.0. The summed E-state index contributed by atoms with van der Waals surface area (Å²) in [6, 6.07) is 8.74. The third-order valence-corrected chi connectivity index (χ3v) is 2.44. The molecule has 0 saturated heterocycles. The van der Waals surface area contributed by atoms with Crippen molar-refractivity contribution >= 4 is 5.96 Å². The number of rotatable bonds is 3. The van der Waals surface area contributed by atoms with Crippen molar-refractivity contribution in [3.63, 3.8) is 0 Å². The van der Waals surface area contributed by atoms with Crippen LogP contribution in [0.1, 0.15) is 37.9 Å². The van der Waals surface area contributed by atoms with Crippen LogP contribution in [0.15, 0.2) is 29.3 Å².